The first-order valence-electron chi connectivity index (χ1n) is 21.4. The smallest absolute Gasteiger partial charge is 0.326 e. The van der Waals surface area contributed by atoms with Crippen molar-refractivity contribution in [3.63, 3.8) is 0 Å². The van der Waals surface area contributed by atoms with E-state index in [0.717, 1.165) is 47.8 Å². The summed E-state index contributed by atoms with van der Waals surface area (Å²) in [5.41, 5.74) is 2.27. The van der Waals surface area contributed by atoms with E-state index in [-0.39, 0.29) is 43.4 Å². The number of para-hydroxylation sites is 1. The fraction of sp³-hybridized carbons (Fsp3) is 0.413. The van der Waals surface area contributed by atoms with Crippen molar-refractivity contribution in [2.45, 2.75) is 102 Å². The van der Waals surface area contributed by atoms with Crippen LogP contribution in [0.4, 0.5) is 0 Å². The van der Waals surface area contributed by atoms with Gasteiger partial charge >= 0.3 is 5.97 Å². The number of aromatic nitrogens is 3. The topological polar surface area (TPSA) is 194 Å². The standard InChI is InChI=1S/C46H51N7O8S/c54-42-35-12-4-6-14-40(35)61-27-32-26-52(51-50-32)21-22-60-33-18-16-30(17-19-33)24-38(46(58)59)49-43(55)36(25-31-28-62-41-15-7-5-11-34(31)41)47-44(56)39-13-8-20-53(39)45(57)37(48-42)23-29-9-2-1-3-10-29/h4-7,11-12,14-19,26,28-29,36-39H,1-3,8-10,13,20-25,27H2,(H,47,56)(H,48,54)(H,49,55)(H,58,59)/t36-,37?,38?,39?/m0/s1. The maximum absolute atomic E-state index is 14.7. The molecule has 16 heteroatoms. The van der Waals surface area contributed by atoms with Crippen LogP contribution in [0.25, 0.3) is 10.1 Å². The summed E-state index contributed by atoms with van der Waals surface area (Å²) in [5.74, 6) is -2.15. The van der Waals surface area contributed by atoms with Gasteiger partial charge in [0.2, 0.25) is 17.7 Å². The number of hydrogen-bond donors (Lipinski definition) is 4. The van der Waals surface area contributed by atoms with E-state index in [2.05, 4.69) is 26.3 Å². The van der Waals surface area contributed by atoms with Crippen LogP contribution in [0.1, 0.15) is 78.5 Å². The zero-order chi connectivity index (χ0) is 43.0. The third kappa shape index (κ3) is 10.2. The number of ether oxygens (including phenoxy) is 2. The van der Waals surface area contributed by atoms with Gasteiger partial charge in [-0.3, -0.25) is 19.2 Å². The highest BCUT2D eigenvalue weighted by Crippen LogP contribution is 2.31. The van der Waals surface area contributed by atoms with Crippen molar-refractivity contribution >= 4 is 51.0 Å². The molecule has 3 aromatic carbocycles. The average molecular weight is 862 g/mol. The largest absolute Gasteiger partial charge is 0.492 e. The first kappa shape index (κ1) is 42.4. The molecule has 324 valence electrons. The number of benzene rings is 3. The number of carbonyl (C=O) groups excluding carboxylic acids is 4. The molecule has 9 rings (SSSR count). The van der Waals surface area contributed by atoms with Crippen molar-refractivity contribution in [3.05, 3.63) is 107 Å². The normalized spacial score (nSPS) is 22.4. The number of amides is 4. The van der Waals surface area contributed by atoms with Gasteiger partial charge in [-0.2, -0.15) is 0 Å². The van der Waals surface area contributed by atoms with Crippen LogP contribution in [0, 0.1) is 5.92 Å². The van der Waals surface area contributed by atoms with Crippen LogP contribution in [0.2, 0.25) is 0 Å². The zero-order valence-corrected chi connectivity index (χ0v) is 35.2. The van der Waals surface area contributed by atoms with E-state index in [9.17, 15) is 29.1 Å². The summed E-state index contributed by atoms with van der Waals surface area (Å²) in [4.78, 5) is 71.6. The Morgan fingerprint density at radius 2 is 1.61 bits per heavy atom. The second-order valence-corrected chi connectivity index (χ2v) is 17.2. The maximum Gasteiger partial charge on any atom is 0.326 e. The maximum atomic E-state index is 14.7. The number of fused-ring (bicyclic) bond motifs is 15. The summed E-state index contributed by atoms with van der Waals surface area (Å²) >= 11 is 1.52. The molecule has 3 unspecified atom stereocenters. The van der Waals surface area contributed by atoms with Crippen molar-refractivity contribution in [1.29, 1.82) is 0 Å². The molecule has 4 N–H and O–H groups in total. The van der Waals surface area contributed by atoms with E-state index in [1.807, 2.05) is 29.6 Å². The molecule has 1 saturated heterocycles. The summed E-state index contributed by atoms with van der Waals surface area (Å²) in [7, 11) is 0. The lowest BCUT2D eigenvalue weighted by molar-refractivity contribution is -0.143. The number of carboxylic acids is 1. The molecular weight excluding hydrogens is 811 g/mol. The second-order valence-electron chi connectivity index (χ2n) is 16.3. The molecule has 15 nitrogen and oxygen atoms in total. The minimum absolute atomic E-state index is 0.0178. The minimum atomic E-state index is -1.31. The molecule has 4 amide bonds. The molecule has 3 aliphatic heterocycles. The molecule has 4 bridgehead atoms. The van der Waals surface area contributed by atoms with Crippen molar-refractivity contribution < 1.29 is 38.6 Å². The Morgan fingerprint density at radius 1 is 0.823 bits per heavy atom. The van der Waals surface area contributed by atoms with Gasteiger partial charge < -0.3 is 35.4 Å². The van der Waals surface area contributed by atoms with Crippen molar-refractivity contribution in [1.82, 2.24) is 35.8 Å². The van der Waals surface area contributed by atoms with Crippen LogP contribution in [0.15, 0.2) is 84.4 Å². The van der Waals surface area contributed by atoms with Gasteiger partial charge in [-0.25, -0.2) is 9.48 Å². The first-order chi connectivity index (χ1) is 30.2. The third-order valence-corrected chi connectivity index (χ3v) is 13.0. The predicted octanol–water partition coefficient (Wildman–Crippen LogP) is 5.06. The SMILES string of the molecule is O=C1NC(CC2CCCCC2)C(=O)N2CCCC2C(=O)N[C@@H](Cc2csc3ccccc23)C(=O)NC(C(=O)O)Cc2ccc(cc2)OCCn2cc(nn2)COc2ccccc21. The lowest BCUT2D eigenvalue weighted by Gasteiger charge is -2.32. The molecule has 1 saturated carbocycles. The van der Waals surface area contributed by atoms with Gasteiger partial charge in [0.05, 0.1) is 18.3 Å². The highest BCUT2D eigenvalue weighted by Gasteiger charge is 2.40. The number of nitrogens with zero attached hydrogens (tertiary/aromatic N) is 4. The average Bonchev–Trinajstić information content (AvgIpc) is 4.06. The first-order valence-corrected chi connectivity index (χ1v) is 22.3. The lowest BCUT2D eigenvalue weighted by Crippen LogP contribution is -2.58. The minimum Gasteiger partial charge on any atom is -0.492 e. The Morgan fingerprint density at radius 3 is 2.44 bits per heavy atom. The summed E-state index contributed by atoms with van der Waals surface area (Å²) in [6.07, 6.45) is 8.21. The van der Waals surface area contributed by atoms with Crippen LogP contribution in [-0.4, -0.2) is 91.9 Å². The molecule has 62 heavy (non-hydrogen) atoms. The van der Waals surface area contributed by atoms with Gasteiger partial charge in [0.1, 0.15) is 54.6 Å². The molecule has 4 atom stereocenters. The van der Waals surface area contributed by atoms with Crippen LogP contribution in [0.3, 0.4) is 0 Å². The van der Waals surface area contributed by atoms with E-state index in [1.54, 1.807) is 59.4 Å². The van der Waals surface area contributed by atoms with Gasteiger partial charge in [0.25, 0.3) is 5.91 Å². The third-order valence-electron chi connectivity index (χ3n) is 12.0. The van der Waals surface area contributed by atoms with Crippen LogP contribution in [-0.2, 0) is 45.2 Å². The summed E-state index contributed by atoms with van der Waals surface area (Å²) < 4.78 is 14.7. The number of nitrogens with one attached hydrogen (secondary N) is 3. The molecule has 4 aliphatic rings. The number of thiophene rings is 1. The molecule has 5 heterocycles. The Kier molecular flexibility index (Phi) is 13.4. The van der Waals surface area contributed by atoms with Crippen LogP contribution in [0.5, 0.6) is 11.5 Å². The Labute approximate surface area is 363 Å². The molecule has 1 aliphatic carbocycles. The fourth-order valence-corrected chi connectivity index (χ4v) is 9.71. The van der Waals surface area contributed by atoms with Gasteiger partial charge in [0.15, 0.2) is 0 Å². The Balaban J connectivity index is 1.10. The number of hydrogen-bond acceptors (Lipinski definition) is 10. The van der Waals surface area contributed by atoms with Gasteiger partial charge in [-0.1, -0.05) is 79.8 Å². The van der Waals surface area contributed by atoms with E-state index in [0.29, 0.717) is 55.1 Å². The summed E-state index contributed by atoms with van der Waals surface area (Å²) in [6, 6.07) is 17.3. The van der Waals surface area contributed by atoms with E-state index < -0.39 is 47.9 Å². The lowest BCUT2D eigenvalue weighted by atomic mass is 9.84. The molecule has 2 aromatic heterocycles. The molecule has 5 aromatic rings. The summed E-state index contributed by atoms with van der Waals surface area (Å²) in [5, 5.41) is 30.2. The van der Waals surface area contributed by atoms with Crippen molar-refractivity contribution in [2.75, 3.05) is 13.2 Å². The van der Waals surface area contributed by atoms with E-state index >= 15 is 0 Å². The molecule has 0 radical (unpaired) electrons. The number of rotatable bonds is 5. The predicted molar refractivity (Wildman–Crippen MR) is 231 cm³/mol. The zero-order valence-electron chi connectivity index (χ0n) is 34.4. The number of carbonyl (C=O) groups is 5. The van der Waals surface area contributed by atoms with Crippen molar-refractivity contribution in [2.24, 2.45) is 5.92 Å². The highest BCUT2D eigenvalue weighted by molar-refractivity contribution is 7.17. The van der Waals surface area contributed by atoms with E-state index in [4.69, 9.17) is 9.47 Å². The van der Waals surface area contributed by atoms with Crippen molar-refractivity contribution in [3.8, 4) is 11.5 Å². The fourth-order valence-electron chi connectivity index (χ4n) is 8.74. The Bertz CT molecular complexity index is 2390. The van der Waals surface area contributed by atoms with Gasteiger partial charge in [-0.05, 0) is 77.4 Å². The monoisotopic (exact) mass is 861 g/mol. The molecule has 0 spiro atoms. The molecular formula is C46H51N7O8S. The number of carboxylic acid groups (broad SMARTS) is 1. The van der Waals surface area contributed by atoms with Crippen LogP contribution < -0.4 is 25.4 Å². The number of aliphatic carboxylic acids is 1. The summed E-state index contributed by atoms with van der Waals surface area (Å²) in [6.45, 7) is 0.991. The quantitative estimate of drug-likeness (QED) is 0.186. The second kappa shape index (κ2) is 19.6. The van der Waals surface area contributed by atoms with Gasteiger partial charge in [-0.15, -0.1) is 16.4 Å². The van der Waals surface area contributed by atoms with Gasteiger partial charge in [0, 0.05) is 24.1 Å². The van der Waals surface area contributed by atoms with Crippen LogP contribution >= 0.6 is 11.3 Å². The highest BCUT2D eigenvalue weighted by atomic mass is 32.1. The molecule has 2 fully saturated rings. The van der Waals surface area contributed by atoms with E-state index in [1.165, 1.54) is 16.2 Å². The Hall–Kier alpha value is -6.29.